The molecule has 12 heavy (non-hydrogen) atoms. The van der Waals surface area contributed by atoms with Crippen LogP contribution in [0.15, 0.2) is 18.7 Å². The van der Waals surface area contributed by atoms with Gasteiger partial charge in [0.05, 0.1) is 11.6 Å². The first-order chi connectivity index (χ1) is 5.79. The highest BCUT2D eigenvalue weighted by Crippen LogP contribution is 2.22. The maximum absolute atomic E-state index is 9.29. The molecule has 3 N–H and O–H groups in total. The Morgan fingerprint density at radius 2 is 2.08 bits per heavy atom. The number of aromatic nitrogens is 3. The van der Waals surface area contributed by atoms with Crippen LogP contribution in [0, 0.1) is 0 Å². The van der Waals surface area contributed by atoms with Gasteiger partial charge in [-0.3, -0.25) is 4.98 Å². The highest BCUT2D eigenvalue weighted by molar-refractivity contribution is 5.90. The molecule has 0 aliphatic heterocycles. The van der Waals surface area contributed by atoms with Crippen LogP contribution in [0.1, 0.15) is 0 Å². The predicted octanol–water partition coefficient (Wildman–Crippen LogP) is 0.313. The lowest BCUT2D eigenvalue weighted by Gasteiger charge is -1.99. The molecular weight excluding hydrogens is 156 g/mol. The highest BCUT2D eigenvalue weighted by atomic mass is 16.3. The molecule has 0 unspecified atom stereocenters. The van der Waals surface area contributed by atoms with Crippen molar-refractivity contribution in [3.63, 3.8) is 0 Å². The summed E-state index contributed by atoms with van der Waals surface area (Å²) < 4.78 is 0. The summed E-state index contributed by atoms with van der Waals surface area (Å²) in [6, 6.07) is 0. The van der Waals surface area contributed by atoms with Gasteiger partial charge in [-0.05, 0) is 0 Å². The fourth-order valence-corrected chi connectivity index (χ4v) is 0.984. The van der Waals surface area contributed by atoms with E-state index >= 15 is 0 Å². The first-order valence-electron chi connectivity index (χ1n) is 3.32. The van der Waals surface area contributed by atoms with Crippen LogP contribution in [0.25, 0.3) is 10.9 Å². The fourth-order valence-electron chi connectivity index (χ4n) is 0.984. The summed E-state index contributed by atoms with van der Waals surface area (Å²) in [5.74, 6) is 0.338. The number of aromatic hydroxyl groups is 1. The lowest BCUT2D eigenvalue weighted by molar-refractivity contribution is 0.478. The molecule has 0 aliphatic carbocycles. The van der Waals surface area contributed by atoms with Crippen molar-refractivity contribution in [1.29, 1.82) is 0 Å². The minimum Gasteiger partial charge on any atom is -0.504 e. The lowest BCUT2D eigenvalue weighted by Crippen LogP contribution is -1.93. The molecule has 2 rings (SSSR count). The van der Waals surface area contributed by atoms with Crippen LogP contribution in [-0.4, -0.2) is 20.1 Å². The molecule has 0 atom stereocenters. The quantitative estimate of drug-likeness (QED) is 0.582. The van der Waals surface area contributed by atoms with Crippen molar-refractivity contribution in [3.05, 3.63) is 18.7 Å². The number of nitrogens with two attached hydrogens (primary N) is 1. The molecule has 0 saturated carbocycles. The van der Waals surface area contributed by atoms with Crippen molar-refractivity contribution in [2.45, 2.75) is 0 Å². The fraction of sp³-hybridized carbons (Fsp3) is 0. The zero-order valence-electron chi connectivity index (χ0n) is 6.10. The summed E-state index contributed by atoms with van der Waals surface area (Å²) in [5.41, 5.74) is 5.95. The number of nitrogens with zero attached hydrogens (tertiary/aromatic N) is 3. The zero-order chi connectivity index (χ0) is 8.55. The number of nitrogen functional groups attached to an aromatic ring is 1. The van der Waals surface area contributed by atoms with Gasteiger partial charge in [0.1, 0.15) is 17.7 Å². The van der Waals surface area contributed by atoms with Crippen LogP contribution >= 0.6 is 0 Å². The third kappa shape index (κ3) is 0.833. The number of anilines is 1. The minimum absolute atomic E-state index is 0.0154. The predicted molar refractivity (Wildman–Crippen MR) is 43.4 cm³/mol. The Bertz CT molecular complexity index is 387. The molecular formula is C7H6N4O. The number of hydrogen-bond acceptors (Lipinski definition) is 5. The Morgan fingerprint density at radius 3 is 2.83 bits per heavy atom. The second-order valence-corrected chi connectivity index (χ2v) is 2.31. The third-order valence-electron chi connectivity index (χ3n) is 1.56. The van der Waals surface area contributed by atoms with Gasteiger partial charge in [0, 0.05) is 6.20 Å². The minimum atomic E-state index is 0.0154. The summed E-state index contributed by atoms with van der Waals surface area (Å²) in [6.07, 6.45) is 4.14. The van der Waals surface area contributed by atoms with Gasteiger partial charge in [0.2, 0.25) is 0 Å². The van der Waals surface area contributed by atoms with E-state index in [9.17, 15) is 5.11 Å². The molecule has 5 nitrogen and oxygen atoms in total. The Labute approximate surface area is 67.9 Å². The van der Waals surface area contributed by atoms with Gasteiger partial charge in [-0.1, -0.05) is 0 Å². The highest BCUT2D eigenvalue weighted by Gasteiger charge is 2.03. The summed E-state index contributed by atoms with van der Waals surface area (Å²) in [4.78, 5) is 11.4. The van der Waals surface area contributed by atoms with Crippen LogP contribution in [0.3, 0.4) is 0 Å². The normalized spacial score (nSPS) is 10.3. The number of fused-ring (bicyclic) bond motifs is 1. The largest absolute Gasteiger partial charge is 0.504 e. The molecule has 2 aromatic rings. The van der Waals surface area contributed by atoms with E-state index in [1.165, 1.54) is 18.7 Å². The summed E-state index contributed by atoms with van der Waals surface area (Å²) in [5, 5.41) is 9.85. The van der Waals surface area contributed by atoms with Gasteiger partial charge in [-0.15, -0.1) is 0 Å². The molecule has 0 spiro atoms. The van der Waals surface area contributed by atoms with Gasteiger partial charge >= 0.3 is 0 Å². The summed E-state index contributed by atoms with van der Waals surface area (Å²) in [6.45, 7) is 0. The first-order valence-corrected chi connectivity index (χ1v) is 3.32. The van der Waals surface area contributed by atoms with Gasteiger partial charge in [-0.2, -0.15) is 0 Å². The molecule has 5 heteroatoms. The van der Waals surface area contributed by atoms with E-state index in [0.717, 1.165) is 0 Å². The Morgan fingerprint density at radius 1 is 1.25 bits per heavy atom. The van der Waals surface area contributed by atoms with Crippen LogP contribution in [0.5, 0.6) is 5.75 Å². The summed E-state index contributed by atoms with van der Waals surface area (Å²) >= 11 is 0. The average molecular weight is 162 g/mol. The monoisotopic (exact) mass is 162 g/mol. The molecule has 0 aliphatic rings. The molecule has 0 aromatic carbocycles. The average Bonchev–Trinajstić information content (AvgIpc) is 2.07. The van der Waals surface area contributed by atoms with E-state index in [0.29, 0.717) is 16.7 Å². The van der Waals surface area contributed by atoms with E-state index in [2.05, 4.69) is 15.0 Å². The van der Waals surface area contributed by atoms with Crippen molar-refractivity contribution >= 4 is 16.7 Å². The Hall–Kier alpha value is -1.91. The maximum atomic E-state index is 9.29. The van der Waals surface area contributed by atoms with Gasteiger partial charge in [0.25, 0.3) is 0 Å². The molecule has 0 bridgehead atoms. The van der Waals surface area contributed by atoms with E-state index < -0.39 is 0 Å². The topological polar surface area (TPSA) is 84.9 Å². The van der Waals surface area contributed by atoms with Gasteiger partial charge < -0.3 is 10.8 Å². The van der Waals surface area contributed by atoms with Crippen LogP contribution < -0.4 is 5.73 Å². The Kier molecular flexibility index (Phi) is 1.30. The molecule has 2 aromatic heterocycles. The number of hydrogen-bond donors (Lipinski definition) is 2. The summed E-state index contributed by atoms with van der Waals surface area (Å²) in [7, 11) is 0. The Balaban J connectivity index is 2.94. The van der Waals surface area contributed by atoms with Crippen molar-refractivity contribution in [2.24, 2.45) is 0 Å². The SMILES string of the molecule is Nc1ncnc2c(O)cncc12. The lowest BCUT2D eigenvalue weighted by atomic mass is 10.3. The first kappa shape index (κ1) is 6.78. The maximum Gasteiger partial charge on any atom is 0.160 e. The van der Waals surface area contributed by atoms with E-state index in [1.54, 1.807) is 0 Å². The zero-order valence-corrected chi connectivity index (χ0v) is 6.10. The smallest absolute Gasteiger partial charge is 0.160 e. The molecule has 60 valence electrons. The number of pyridine rings is 1. The van der Waals surface area contributed by atoms with E-state index in [-0.39, 0.29) is 5.75 Å². The van der Waals surface area contributed by atoms with Crippen molar-refractivity contribution in [2.75, 3.05) is 5.73 Å². The molecule has 0 amide bonds. The van der Waals surface area contributed by atoms with E-state index in [4.69, 9.17) is 5.73 Å². The van der Waals surface area contributed by atoms with Crippen molar-refractivity contribution < 1.29 is 5.11 Å². The third-order valence-corrected chi connectivity index (χ3v) is 1.56. The van der Waals surface area contributed by atoms with Crippen molar-refractivity contribution in [3.8, 4) is 5.75 Å². The standard InChI is InChI=1S/C7H6N4O/c8-7-4-1-9-2-5(12)6(4)10-3-11-7/h1-3,12H,(H2,8,10,11). The van der Waals surface area contributed by atoms with Crippen LogP contribution in [0.2, 0.25) is 0 Å². The second kappa shape index (κ2) is 2.30. The van der Waals surface area contributed by atoms with E-state index in [1.807, 2.05) is 0 Å². The molecule has 0 fully saturated rings. The van der Waals surface area contributed by atoms with Gasteiger partial charge in [-0.25, -0.2) is 9.97 Å². The van der Waals surface area contributed by atoms with Crippen LogP contribution in [-0.2, 0) is 0 Å². The second-order valence-electron chi connectivity index (χ2n) is 2.31. The molecule has 0 saturated heterocycles. The molecule has 0 radical (unpaired) electrons. The van der Waals surface area contributed by atoms with Gasteiger partial charge in [0.15, 0.2) is 5.75 Å². The number of rotatable bonds is 0. The van der Waals surface area contributed by atoms with Crippen molar-refractivity contribution in [1.82, 2.24) is 15.0 Å². The molecule has 2 heterocycles. The van der Waals surface area contributed by atoms with Crippen LogP contribution in [0.4, 0.5) is 5.82 Å².